The van der Waals surface area contributed by atoms with E-state index in [0.717, 1.165) is 42.6 Å². The lowest BCUT2D eigenvalue weighted by Gasteiger charge is -2.09. The molecule has 1 atom stereocenters. The van der Waals surface area contributed by atoms with Gasteiger partial charge in [0.1, 0.15) is 24.1 Å². The Morgan fingerprint density at radius 1 is 0.816 bits per heavy atom. The van der Waals surface area contributed by atoms with E-state index in [-0.39, 0.29) is 5.78 Å². The van der Waals surface area contributed by atoms with Crippen LogP contribution in [0.25, 0.3) is 16.2 Å². The summed E-state index contributed by atoms with van der Waals surface area (Å²) in [4.78, 5) is 41.2. The van der Waals surface area contributed by atoms with Crippen LogP contribution in [-0.2, 0) is 25.6 Å². The largest absolute Gasteiger partial charge is 0.304 e. The molecule has 1 aromatic heterocycles. The third kappa shape index (κ3) is 40.9. The van der Waals surface area contributed by atoms with E-state index in [1.54, 1.807) is 18.3 Å². The number of hydrogen-bond acceptors (Lipinski definition) is 5. The van der Waals surface area contributed by atoms with E-state index in [9.17, 15) is 14.4 Å². The maximum Gasteiger partial charge on any atom is 0.135 e. The summed E-state index contributed by atoms with van der Waals surface area (Å²) in [5, 5.41) is 1.24. The number of Topliss-reactive ketones (excluding diaryl/α,β-unsaturated/α-hetero) is 2. The first-order valence-corrected chi connectivity index (χ1v) is 19.2. The fourth-order valence-corrected chi connectivity index (χ4v) is 4.28. The van der Waals surface area contributed by atoms with Crippen LogP contribution in [0.5, 0.6) is 0 Å². The molecule has 4 nitrogen and oxygen atoms in total. The van der Waals surface area contributed by atoms with Crippen LogP contribution in [0.2, 0.25) is 0 Å². The summed E-state index contributed by atoms with van der Waals surface area (Å²) in [6, 6.07) is 18.4. The van der Waals surface area contributed by atoms with E-state index in [1.165, 1.54) is 28.1 Å². The molecule has 1 heterocycles. The van der Waals surface area contributed by atoms with E-state index in [4.69, 9.17) is 4.79 Å². The molecule has 0 saturated carbocycles. The van der Waals surface area contributed by atoms with Crippen molar-refractivity contribution in [1.29, 1.82) is 0 Å². The Kier molecular flexibility index (Phi) is 55.6. The SMILES string of the molecule is C=Cc1ccccc1C.CC.CC.CC.CC(C)C.CC=O.CCC(C)=O.CCCC(CC)C(=O)CC.O=CCc1cc2ccccc2s1. The number of fused-ring (bicyclic) bond motifs is 1. The van der Waals surface area contributed by atoms with Gasteiger partial charge in [0.05, 0.1) is 0 Å². The van der Waals surface area contributed by atoms with E-state index >= 15 is 0 Å². The van der Waals surface area contributed by atoms with Crippen LogP contribution in [0, 0.1) is 18.8 Å². The van der Waals surface area contributed by atoms with Crippen LogP contribution in [0.15, 0.2) is 61.2 Å². The molecular formula is C44H76O4S. The number of aldehydes is 2. The van der Waals surface area contributed by atoms with E-state index in [2.05, 4.69) is 78.5 Å². The molecule has 49 heavy (non-hydrogen) atoms. The number of rotatable bonds is 9. The molecule has 282 valence electrons. The lowest BCUT2D eigenvalue weighted by atomic mass is 9.94. The molecule has 2 aromatic carbocycles. The third-order valence-electron chi connectivity index (χ3n) is 5.60. The summed E-state index contributed by atoms with van der Waals surface area (Å²) >= 11 is 1.69. The second kappa shape index (κ2) is 46.9. The Morgan fingerprint density at radius 3 is 1.59 bits per heavy atom. The van der Waals surface area contributed by atoms with Crippen molar-refractivity contribution >= 4 is 51.6 Å². The van der Waals surface area contributed by atoms with Crippen LogP contribution in [0.4, 0.5) is 0 Å². The van der Waals surface area contributed by atoms with Crippen LogP contribution >= 0.6 is 11.3 Å². The third-order valence-corrected chi connectivity index (χ3v) is 6.74. The smallest absolute Gasteiger partial charge is 0.135 e. The maximum atomic E-state index is 11.1. The van der Waals surface area contributed by atoms with E-state index < -0.39 is 0 Å². The minimum absolute atomic E-state index is 0.255. The van der Waals surface area contributed by atoms with Gasteiger partial charge in [-0.05, 0) is 68.2 Å². The van der Waals surface area contributed by atoms with Gasteiger partial charge in [-0.15, -0.1) is 11.3 Å². The van der Waals surface area contributed by atoms with Crippen molar-refractivity contribution in [3.63, 3.8) is 0 Å². The first kappa shape index (κ1) is 58.0. The fraction of sp³-hybridized carbons (Fsp3) is 0.545. The molecular weight excluding hydrogens is 625 g/mol. The minimum Gasteiger partial charge on any atom is -0.304 e. The molecule has 3 aromatic rings. The summed E-state index contributed by atoms with van der Waals surface area (Å²) in [6.07, 6.45) is 8.70. The van der Waals surface area contributed by atoms with Gasteiger partial charge in [0.25, 0.3) is 0 Å². The molecule has 0 saturated heterocycles. The van der Waals surface area contributed by atoms with Crippen LogP contribution in [-0.4, -0.2) is 24.1 Å². The number of hydrogen-bond donors (Lipinski definition) is 0. The maximum absolute atomic E-state index is 11.1. The van der Waals surface area contributed by atoms with Crippen molar-refractivity contribution in [3.8, 4) is 0 Å². The molecule has 0 aliphatic carbocycles. The first-order chi connectivity index (χ1) is 23.4. The number of carbonyl (C=O) groups excluding carboxylic acids is 4. The monoisotopic (exact) mass is 701 g/mol. The highest BCUT2D eigenvalue weighted by atomic mass is 32.1. The van der Waals surface area contributed by atoms with Gasteiger partial charge in [-0.2, -0.15) is 0 Å². The van der Waals surface area contributed by atoms with E-state index in [0.29, 0.717) is 31.0 Å². The molecule has 0 bridgehead atoms. The van der Waals surface area contributed by atoms with Gasteiger partial charge in [0.2, 0.25) is 0 Å². The summed E-state index contributed by atoms with van der Waals surface area (Å²) in [6.45, 7) is 35.3. The quantitative estimate of drug-likeness (QED) is 0.208. The topological polar surface area (TPSA) is 68.3 Å². The minimum atomic E-state index is 0.255. The van der Waals surface area contributed by atoms with Gasteiger partial charge in [-0.1, -0.05) is 152 Å². The zero-order valence-corrected chi connectivity index (χ0v) is 35.4. The van der Waals surface area contributed by atoms with Crippen molar-refractivity contribution < 1.29 is 19.2 Å². The van der Waals surface area contributed by atoms with Gasteiger partial charge in [0, 0.05) is 34.8 Å². The second-order valence-corrected chi connectivity index (χ2v) is 11.6. The van der Waals surface area contributed by atoms with Gasteiger partial charge in [0.15, 0.2) is 0 Å². The highest BCUT2D eigenvalue weighted by Gasteiger charge is 2.11. The van der Waals surface area contributed by atoms with Gasteiger partial charge >= 0.3 is 0 Å². The summed E-state index contributed by atoms with van der Waals surface area (Å²) in [7, 11) is 0. The standard InChI is InChI=1S/C10H8OS.C9H18O.C9H10.C4H8O.C4H10.C2H4O.3C2H6/c11-6-5-9-7-8-3-1-2-4-10(8)12-9;1-4-7-8(5-2)9(10)6-3;1-3-9-7-5-4-6-8(9)2;1-3-4(2)5;1-4(2)3;1-2-3;3*1-2/h1-4,6-7H,5H2;8H,4-7H2,1-3H3;3-7H,1H2,2H3;3H2,1-2H3;4H,1-3H3;2H,1H3;3*1-2H3. The number of carbonyl (C=O) groups is 4. The van der Waals surface area contributed by atoms with Gasteiger partial charge in [-0.3, -0.25) is 4.79 Å². The van der Waals surface area contributed by atoms with Crippen LogP contribution < -0.4 is 0 Å². The fourth-order valence-electron chi connectivity index (χ4n) is 3.27. The Bertz CT molecular complexity index is 1110. The molecule has 1 unspecified atom stereocenters. The number of thiophene rings is 1. The highest BCUT2D eigenvalue weighted by Crippen LogP contribution is 2.24. The Balaban J connectivity index is -0.000000115. The van der Waals surface area contributed by atoms with Crippen molar-refractivity contribution in [1.82, 2.24) is 0 Å². The average molecular weight is 701 g/mol. The molecule has 0 spiro atoms. The Morgan fingerprint density at radius 2 is 1.27 bits per heavy atom. The average Bonchev–Trinajstić information content (AvgIpc) is 3.53. The van der Waals surface area contributed by atoms with Gasteiger partial charge in [-0.25, -0.2) is 0 Å². The molecule has 5 heteroatoms. The number of aryl methyl sites for hydroxylation is 1. The molecule has 0 aliphatic heterocycles. The number of benzene rings is 2. The Hall–Kier alpha value is -3.18. The van der Waals surface area contributed by atoms with Crippen molar-refractivity contribution in [2.24, 2.45) is 11.8 Å². The molecule has 0 radical (unpaired) electrons. The zero-order valence-electron chi connectivity index (χ0n) is 34.6. The summed E-state index contributed by atoms with van der Waals surface area (Å²) in [5.41, 5.74) is 2.50. The summed E-state index contributed by atoms with van der Waals surface area (Å²) < 4.78 is 1.26. The molecule has 0 N–H and O–H groups in total. The second-order valence-electron chi connectivity index (χ2n) is 10.4. The molecule has 0 amide bonds. The first-order valence-electron chi connectivity index (χ1n) is 18.4. The van der Waals surface area contributed by atoms with Crippen LogP contribution in [0.3, 0.4) is 0 Å². The zero-order chi connectivity index (χ0) is 39.6. The van der Waals surface area contributed by atoms with Crippen molar-refractivity contribution in [2.75, 3.05) is 0 Å². The van der Waals surface area contributed by atoms with Crippen molar-refractivity contribution in [2.45, 2.75) is 149 Å². The predicted octanol–water partition coefficient (Wildman–Crippen LogP) is 14.0. The lowest BCUT2D eigenvalue weighted by molar-refractivity contribution is -0.123. The number of ketones is 2. The highest BCUT2D eigenvalue weighted by molar-refractivity contribution is 7.19. The Labute approximate surface area is 308 Å². The normalized spacial score (nSPS) is 9.00. The van der Waals surface area contributed by atoms with E-state index in [1.807, 2.05) is 85.7 Å². The molecule has 0 aliphatic rings. The van der Waals surface area contributed by atoms with Gasteiger partial charge < -0.3 is 14.4 Å². The van der Waals surface area contributed by atoms with Crippen LogP contribution in [0.1, 0.15) is 152 Å². The molecule has 0 fully saturated rings. The lowest BCUT2D eigenvalue weighted by Crippen LogP contribution is -2.11. The molecule has 3 rings (SSSR count). The van der Waals surface area contributed by atoms with Crippen molar-refractivity contribution in [3.05, 3.63) is 77.2 Å². The predicted molar refractivity (Wildman–Crippen MR) is 224 cm³/mol. The summed E-state index contributed by atoms with van der Waals surface area (Å²) in [5.74, 6) is 1.87.